The van der Waals surface area contributed by atoms with E-state index in [4.69, 9.17) is 47.4 Å². The first-order chi connectivity index (χ1) is 16.7. The van der Waals surface area contributed by atoms with E-state index in [1.165, 1.54) is 0 Å². The predicted octanol–water partition coefficient (Wildman–Crippen LogP) is 3.14. The predicted molar refractivity (Wildman–Crippen MR) is 128 cm³/mol. The van der Waals surface area contributed by atoms with Crippen LogP contribution in [0.25, 0.3) is 0 Å². The van der Waals surface area contributed by atoms with E-state index in [2.05, 4.69) is 0 Å². The first kappa shape index (κ1) is 28.6. The van der Waals surface area contributed by atoms with Gasteiger partial charge in [-0.05, 0) is 68.2 Å². The highest BCUT2D eigenvalue weighted by atomic mass is 16.8. The molecule has 4 aliphatic heterocycles. The summed E-state index contributed by atoms with van der Waals surface area (Å²) in [6.07, 6.45) is 0.547. The molecule has 6 unspecified atom stereocenters. The van der Waals surface area contributed by atoms with Crippen LogP contribution in [0.1, 0.15) is 68.2 Å². The highest BCUT2D eigenvalue weighted by Gasteiger charge is 2.51. The topological polar surface area (TPSA) is 92.3 Å². The van der Waals surface area contributed by atoms with E-state index in [1.54, 1.807) is 0 Å². The van der Waals surface area contributed by atoms with E-state index >= 15 is 0 Å². The molecule has 0 saturated carbocycles. The van der Waals surface area contributed by atoms with Crippen molar-refractivity contribution in [3.05, 3.63) is 0 Å². The number of ether oxygens (including phenoxy) is 10. The molecule has 4 aliphatic rings. The second-order valence-corrected chi connectivity index (χ2v) is 11.9. The summed E-state index contributed by atoms with van der Waals surface area (Å²) in [7, 11) is 0. The van der Waals surface area contributed by atoms with Gasteiger partial charge in [0, 0.05) is 13.2 Å². The lowest BCUT2D eigenvalue weighted by molar-refractivity contribution is -0.175. The maximum Gasteiger partial charge on any atom is 0.164 e. The lowest BCUT2D eigenvalue weighted by atomic mass is 10.1. The Morgan fingerprint density at radius 3 is 1.25 bits per heavy atom. The summed E-state index contributed by atoms with van der Waals surface area (Å²) >= 11 is 0. The molecule has 0 aromatic heterocycles. The molecule has 0 spiro atoms. The average Bonchev–Trinajstić information content (AvgIpc) is 3.47. The summed E-state index contributed by atoms with van der Waals surface area (Å²) in [5.41, 5.74) is 0. The fraction of sp³-hybridized carbons (Fsp3) is 1.00. The maximum atomic E-state index is 6.10. The highest BCUT2D eigenvalue weighted by Crippen LogP contribution is 2.37. The van der Waals surface area contributed by atoms with Crippen LogP contribution >= 0.6 is 0 Å². The van der Waals surface area contributed by atoms with Crippen molar-refractivity contribution in [3.63, 3.8) is 0 Å². The molecule has 6 atom stereocenters. The van der Waals surface area contributed by atoms with Crippen LogP contribution < -0.4 is 0 Å². The Labute approximate surface area is 215 Å². The van der Waals surface area contributed by atoms with Crippen LogP contribution in [0.3, 0.4) is 0 Å². The smallest absolute Gasteiger partial charge is 0.164 e. The standard InChI is InChI=1S/C26H46O10/c1-23(2)29-15-19(31-23)21-17(33-25(5,6)35-21)13-27-11-9-10-12-28-14-18-22(36-26(7,8)34-18)20-16-30-24(3,4)32-20/h17-22H,9-16H2,1-8H3. The number of unbranched alkanes of at least 4 members (excludes halogenated alkanes) is 1. The van der Waals surface area contributed by atoms with E-state index in [9.17, 15) is 0 Å². The van der Waals surface area contributed by atoms with Gasteiger partial charge in [0.2, 0.25) is 0 Å². The first-order valence-corrected chi connectivity index (χ1v) is 13.2. The van der Waals surface area contributed by atoms with Gasteiger partial charge >= 0.3 is 0 Å². The zero-order valence-corrected chi connectivity index (χ0v) is 23.2. The van der Waals surface area contributed by atoms with Gasteiger partial charge in [0.1, 0.15) is 36.6 Å². The molecule has 4 saturated heterocycles. The molecule has 0 aliphatic carbocycles. The van der Waals surface area contributed by atoms with E-state index in [-0.39, 0.29) is 36.6 Å². The zero-order valence-electron chi connectivity index (χ0n) is 23.2. The lowest BCUT2D eigenvalue weighted by Gasteiger charge is -2.24. The molecule has 4 rings (SSSR count). The van der Waals surface area contributed by atoms with Gasteiger partial charge in [-0.25, -0.2) is 0 Å². The quantitative estimate of drug-likeness (QED) is 0.380. The Morgan fingerprint density at radius 1 is 0.528 bits per heavy atom. The average molecular weight is 519 g/mol. The molecule has 0 N–H and O–H groups in total. The van der Waals surface area contributed by atoms with Gasteiger partial charge in [-0.15, -0.1) is 0 Å². The summed E-state index contributed by atoms with van der Waals surface area (Å²) in [4.78, 5) is 0. The molecule has 0 aromatic rings. The normalized spacial score (nSPS) is 38.7. The van der Waals surface area contributed by atoms with Crippen molar-refractivity contribution in [2.24, 2.45) is 0 Å². The number of rotatable bonds is 11. The second-order valence-electron chi connectivity index (χ2n) is 11.9. The molecular weight excluding hydrogens is 472 g/mol. The van der Waals surface area contributed by atoms with Crippen LogP contribution in [0.5, 0.6) is 0 Å². The van der Waals surface area contributed by atoms with Gasteiger partial charge in [0.05, 0.1) is 26.4 Å². The molecule has 0 aromatic carbocycles. The minimum Gasteiger partial charge on any atom is -0.379 e. The maximum absolute atomic E-state index is 6.10. The zero-order chi connectivity index (χ0) is 26.2. The van der Waals surface area contributed by atoms with Crippen molar-refractivity contribution in [2.45, 2.75) is 128 Å². The third-order valence-electron chi connectivity index (χ3n) is 6.63. The Bertz CT molecular complexity index is 664. The molecule has 0 amide bonds. The van der Waals surface area contributed by atoms with Gasteiger partial charge in [-0.3, -0.25) is 0 Å². The number of hydrogen-bond donors (Lipinski definition) is 0. The Balaban J connectivity index is 1.12. The summed E-state index contributed by atoms with van der Waals surface area (Å²) in [6, 6.07) is 0. The number of hydrogen-bond acceptors (Lipinski definition) is 10. The summed E-state index contributed by atoms with van der Waals surface area (Å²) < 4.78 is 59.6. The summed E-state index contributed by atoms with van der Waals surface area (Å²) in [5.74, 6) is -2.56. The van der Waals surface area contributed by atoms with Gasteiger partial charge in [-0.1, -0.05) is 0 Å². The van der Waals surface area contributed by atoms with Crippen molar-refractivity contribution < 1.29 is 47.4 Å². The molecule has 210 valence electrons. The van der Waals surface area contributed by atoms with Gasteiger partial charge in [0.25, 0.3) is 0 Å². The van der Waals surface area contributed by atoms with E-state index in [1.807, 2.05) is 55.4 Å². The van der Waals surface area contributed by atoms with Gasteiger partial charge < -0.3 is 47.4 Å². The van der Waals surface area contributed by atoms with Crippen LogP contribution in [0.2, 0.25) is 0 Å². The first-order valence-electron chi connectivity index (χ1n) is 13.2. The van der Waals surface area contributed by atoms with Crippen LogP contribution in [0.15, 0.2) is 0 Å². The molecule has 0 radical (unpaired) electrons. The Kier molecular flexibility index (Phi) is 8.74. The molecule has 36 heavy (non-hydrogen) atoms. The minimum absolute atomic E-state index is 0.174. The third-order valence-corrected chi connectivity index (χ3v) is 6.63. The molecule has 4 heterocycles. The third kappa shape index (κ3) is 7.59. The van der Waals surface area contributed by atoms with E-state index in [0.29, 0.717) is 39.6 Å². The largest absolute Gasteiger partial charge is 0.379 e. The summed E-state index contributed by atoms with van der Waals surface area (Å²) in [6.45, 7) is 18.4. The Hall–Kier alpha value is -0.400. The molecule has 0 bridgehead atoms. The van der Waals surface area contributed by atoms with Crippen molar-refractivity contribution in [1.82, 2.24) is 0 Å². The lowest BCUT2D eigenvalue weighted by Crippen LogP contribution is -2.40. The van der Waals surface area contributed by atoms with Crippen molar-refractivity contribution >= 4 is 0 Å². The van der Waals surface area contributed by atoms with Crippen LogP contribution in [0, 0.1) is 0 Å². The monoisotopic (exact) mass is 518 g/mol. The second kappa shape index (κ2) is 11.0. The molecule has 10 nitrogen and oxygen atoms in total. The van der Waals surface area contributed by atoms with Crippen molar-refractivity contribution in [1.29, 1.82) is 0 Å². The minimum atomic E-state index is -0.674. The van der Waals surface area contributed by atoms with E-state index in [0.717, 1.165) is 12.8 Å². The molecular formula is C26H46O10. The molecule has 10 heteroatoms. The van der Waals surface area contributed by atoms with Crippen LogP contribution in [-0.4, -0.2) is 99.4 Å². The SMILES string of the molecule is CC1(C)OCC(C2OC(C)(C)OC2COCCCCOCC2OC(C)(C)OC2C2COC(C)(C)O2)O1. The van der Waals surface area contributed by atoms with Crippen molar-refractivity contribution in [2.75, 3.05) is 39.6 Å². The fourth-order valence-electron chi connectivity index (χ4n) is 5.18. The van der Waals surface area contributed by atoms with Gasteiger partial charge in [0.15, 0.2) is 23.1 Å². The summed E-state index contributed by atoms with van der Waals surface area (Å²) in [5, 5.41) is 0. The van der Waals surface area contributed by atoms with Crippen molar-refractivity contribution in [3.8, 4) is 0 Å². The van der Waals surface area contributed by atoms with Crippen LogP contribution in [0.4, 0.5) is 0 Å². The highest BCUT2D eigenvalue weighted by molar-refractivity contribution is 4.91. The van der Waals surface area contributed by atoms with Gasteiger partial charge in [-0.2, -0.15) is 0 Å². The van der Waals surface area contributed by atoms with Crippen LogP contribution in [-0.2, 0) is 47.4 Å². The van der Waals surface area contributed by atoms with E-state index < -0.39 is 23.1 Å². The fourth-order valence-corrected chi connectivity index (χ4v) is 5.18. The molecule has 4 fully saturated rings. The Morgan fingerprint density at radius 2 is 0.917 bits per heavy atom.